The van der Waals surface area contributed by atoms with Gasteiger partial charge in [0, 0.05) is 26.2 Å². The summed E-state index contributed by atoms with van der Waals surface area (Å²) >= 11 is 0. The van der Waals surface area contributed by atoms with Gasteiger partial charge in [-0.3, -0.25) is 9.69 Å². The van der Waals surface area contributed by atoms with Gasteiger partial charge in [-0.1, -0.05) is 0 Å². The topological polar surface area (TPSA) is 53.0 Å². The van der Waals surface area contributed by atoms with E-state index in [9.17, 15) is 23.1 Å². The van der Waals surface area contributed by atoms with E-state index < -0.39 is 24.6 Å². The maximum Gasteiger partial charge on any atom is 0.397 e. The van der Waals surface area contributed by atoms with E-state index in [0.717, 1.165) is 4.90 Å². The zero-order valence-corrected chi connectivity index (χ0v) is 10.4. The van der Waals surface area contributed by atoms with E-state index in [1.807, 2.05) is 4.90 Å². The second-order valence-corrected chi connectivity index (χ2v) is 4.87. The summed E-state index contributed by atoms with van der Waals surface area (Å²) in [6.07, 6.45) is -6.76. The third kappa shape index (κ3) is 3.80. The van der Waals surface area contributed by atoms with Crippen molar-refractivity contribution in [1.29, 1.82) is 0 Å². The SMILES string of the molecule is O=C(CC(F)(F)F)N1C[C@@H](O)[C@H](N2CCOCC2)C1. The molecule has 0 aromatic heterocycles. The van der Waals surface area contributed by atoms with Crippen LogP contribution in [0, 0.1) is 0 Å². The fourth-order valence-corrected chi connectivity index (χ4v) is 2.52. The summed E-state index contributed by atoms with van der Waals surface area (Å²) in [7, 11) is 0. The highest BCUT2D eigenvalue weighted by molar-refractivity contribution is 5.77. The summed E-state index contributed by atoms with van der Waals surface area (Å²) in [6.45, 7) is 2.46. The Kier molecular flexibility index (Phi) is 4.32. The van der Waals surface area contributed by atoms with Gasteiger partial charge in [0.2, 0.25) is 5.91 Å². The molecular formula is C11H17F3N2O3. The number of morpholine rings is 1. The van der Waals surface area contributed by atoms with Gasteiger partial charge in [-0.2, -0.15) is 13.2 Å². The first kappa shape index (κ1) is 14.5. The van der Waals surface area contributed by atoms with Crippen molar-refractivity contribution in [1.82, 2.24) is 9.80 Å². The van der Waals surface area contributed by atoms with Gasteiger partial charge in [0.15, 0.2) is 0 Å². The normalized spacial score (nSPS) is 29.8. The lowest BCUT2D eigenvalue weighted by Crippen LogP contribution is -2.49. The molecule has 2 heterocycles. The molecule has 2 saturated heterocycles. The molecule has 0 aromatic rings. The number of halogens is 3. The zero-order valence-electron chi connectivity index (χ0n) is 10.4. The minimum atomic E-state index is -4.50. The maximum absolute atomic E-state index is 12.2. The first-order valence-electron chi connectivity index (χ1n) is 6.21. The number of amides is 1. The molecule has 8 heteroatoms. The molecule has 0 spiro atoms. The summed E-state index contributed by atoms with van der Waals surface area (Å²) in [4.78, 5) is 14.5. The largest absolute Gasteiger partial charge is 0.397 e. The average molecular weight is 282 g/mol. The Morgan fingerprint density at radius 2 is 1.89 bits per heavy atom. The number of carbonyl (C=O) groups is 1. The molecule has 1 N–H and O–H groups in total. The molecule has 2 fully saturated rings. The van der Waals surface area contributed by atoms with E-state index in [-0.39, 0.29) is 19.1 Å². The number of aliphatic hydroxyl groups is 1. The molecule has 0 saturated carbocycles. The van der Waals surface area contributed by atoms with Gasteiger partial charge in [0.25, 0.3) is 0 Å². The van der Waals surface area contributed by atoms with Crippen LogP contribution in [-0.2, 0) is 9.53 Å². The fourth-order valence-electron chi connectivity index (χ4n) is 2.52. The predicted molar refractivity (Wildman–Crippen MR) is 59.4 cm³/mol. The van der Waals surface area contributed by atoms with E-state index in [0.29, 0.717) is 26.3 Å². The van der Waals surface area contributed by atoms with Crippen molar-refractivity contribution in [2.75, 3.05) is 39.4 Å². The molecule has 0 unspecified atom stereocenters. The van der Waals surface area contributed by atoms with Crippen molar-refractivity contribution >= 4 is 5.91 Å². The molecule has 1 amide bonds. The summed E-state index contributed by atoms with van der Waals surface area (Å²) < 4.78 is 41.7. The highest BCUT2D eigenvalue weighted by atomic mass is 19.4. The monoisotopic (exact) mass is 282 g/mol. The molecule has 0 bridgehead atoms. The summed E-state index contributed by atoms with van der Waals surface area (Å²) in [5, 5.41) is 9.90. The molecule has 0 radical (unpaired) electrons. The number of alkyl halides is 3. The Bertz CT molecular complexity index is 332. The van der Waals surface area contributed by atoms with Crippen molar-refractivity contribution in [3.63, 3.8) is 0 Å². The van der Waals surface area contributed by atoms with Crippen LogP contribution in [0.2, 0.25) is 0 Å². The van der Waals surface area contributed by atoms with Crippen molar-refractivity contribution in [3.05, 3.63) is 0 Å². The summed E-state index contributed by atoms with van der Waals surface area (Å²) in [6, 6.07) is -0.291. The van der Waals surface area contributed by atoms with Crippen LogP contribution in [0.1, 0.15) is 6.42 Å². The van der Waals surface area contributed by atoms with E-state index in [1.165, 1.54) is 0 Å². The summed E-state index contributed by atoms with van der Waals surface area (Å²) in [5.74, 6) is -0.970. The van der Waals surface area contributed by atoms with Crippen LogP contribution >= 0.6 is 0 Å². The Hall–Kier alpha value is -0.860. The minimum absolute atomic E-state index is 0.0308. The smallest absolute Gasteiger partial charge is 0.390 e. The van der Waals surface area contributed by atoms with Gasteiger partial charge in [0.05, 0.1) is 25.4 Å². The standard InChI is InChI=1S/C11H17F3N2O3/c12-11(13,14)5-10(18)16-6-8(9(17)7-16)15-1-3-19-4-2-15/h8-9,17H,1-7H2/t8-,9-/m1/s1. The Morgan fingerprint density at radius 1 is 1.26 bits per heavy atom. The maximum atomic E-state index is 12.2. The lowest BCUT2D eigenvalue weighted by Gasteiger charge is -2.33. The van der Waals surface area contributed by atoms with Crippen LogP contribution in [0.4, 0.5) is 13.2 Å². The van der Waals surface area contributed by atoms with Crippen molar-refractivity contribution in [2.45, 2.75) is 24.7 Å². The van der Waals surface area contributed by atoms with Gasteiger partial charge >= 0.3 is 6.18 Å². The lowest BCUT2D eigenvalue weighted by atomic mass is 10.1. The highest BCUT2D eigenvalue weighted by Crippen LogP contribution is 2.24. The number of hydrogen-bond donors (Lipinski definition) is 1. The fraction of sp³-hybridized carbons (Fsp3) is 0.909. The molecule has 2 aliphatic heterocycles. The highest BCUT2D eigenvalue weighted by Gasteiger charge is 2.41. The second-order valence-electron chi connectivity index (χ2n) is 4.87. The van der Waals surface area contributed by atoms with E-state index in [1.54, 1.807) is 0 Å². The number of hydrogen-bond acceptors (Lipinski definition) is 4. The van der Waals surface area contributed by atoms with E-state index in [2.05, 4.69) is 0 Å². The van der Waals surface area contributed by atoms with Crippen molar-refractivity contribution in [2.24, 2.45) is 0 Å². The number of likely N-dealkylation sites (tertiary alicyclic amines) is 1. The Labute approximate surface area is 108 Å². The lowest BCUT2D eigenvalue weighted by molar-refractivity contribution is -0.160. The number of β-amino-alcohol motifs (C(OH)–C–C–N with tert-alkyl or cyclic N) is 1. The molecule has 0 aromatic carbocycles. The molecule has 2 atom stereocenters. The first-order valence-corrected chi connectivity index (χ1v) is 6.21. The number of carbonyl (C=O) groups excluding carboxylic acids is 1. The van der Waals surface area contributed by atoms with Gasteiger partial charge in [-0.05, 0) is 0 Å². The zero-order chi connectivity index (χ0) is 14.0. The van der Waals surface area contributed by atoms with E-state index in [4.69, 9.17) is 4.74 Å². The van der Waals surface area contributed by atoms with Gasteiger partial charge in [-0.15, -0.1) is 0 Å². The van der Waals surface area contributed by atoms with Crippen molar-refractivity contribution in [3.8, 4) is 0 Å². The van der Waals surface area contributed by atoms with Gasteiger partial charge in [0.1, 0.15) is 6.42 Å². The minimum Gasteiger partial charge on any atom is -0.390 e. The van der Waals surface area contributed by atoms with Crippen LogP contribution in [-0.4, -0.2) is 78.5 Å². The van der Waals surface area contributed by atoms with Crippen LogP contribution < -0.4 is 0 Å². The molecule has 2 rings (SSSR count). The van der Waals surface area contributed by atoms with Crippen LogP contribution in [0.15, 0.2) is 0 Å². The third-order valence-electron chi connectivity index (χ3n) is 3.48. The number of aliphatic hydroxyl groups excluding tert-OH is 1. The molecular weight excluding hydrogens is 265 g/mol. The first-order chi connectivity index (χ1) is 8.87. The number of ether oxygens (including phenoxy) is 1. The predicted octanol–water partition coefficient (Wildman–Crippen LogP) is -0.157. The van der Waals surface area contributed by atoms with Crippen LogP contribution in [0.25, 0.3) is 0 Å². The van der Waals surface area contributed by atoms with Crippen LogP contribution in [0.3, 0.4) is 0 Å². The molecule has 19 heavy (non-hydrogen) atoms. The molecule has 2 aliphatic rings. The Morgan fingerprint density at radius 3 is 2.47 bits per heavy atom. The van der Waals surface area contributed by atoms with Gasteiger partial charge < -0.3 is 14.7 Å². The van der Waals surface area contributed by atoms with Crippen molar-refractivity contribution < 1.29 is 27.8 Å². The van der Waals surface area contributed by atoms with Crippen LogP contribution in [0.5, 0.6) is 0 Å². The van der Waals surface area contributed by atoms with Gasteiger partial charge in [-0.25, -0.2) is 0 Å². The number of nitrogens with zero attached hydrogens (tertiary/aromatic N) is 2. The second kappa shape index (κ2) is 5.64. The Balaban J connectivity index is 1.91. The molecule has 5 nitrogen and oxygen atoms in total. The summed E-state index contributed by atoms with van der Waals surface area (Å²) in [5.41, 5.74) is 0. The quantitative estimate of drug-likeness (QED) is 0.765. The van der Waals surface area contributed by atoms with E-state index >= 15 is 0 Å². The number of rotatable bonds is 2. The molecule has 0 aliphatic carbocycles. The third-order valence-corrected chi connectivity index (χ3v) is 3.48. The average Bonchev–Trinajstić information content (AvgIpc) is 2.70. The molecule has 110 valence electrons.